The molecule has 0 aromatic rings. The minimum atomic E-state index is -0.238. The molecule has 1 N–H and O–H groups in total. The van der Waals surface area contributed by atoms with Crippen LogP contribution in [0.1, 0.15) is 52.4 Å². The van der Waals surface area contributed by atoms with E-state index in [2.05, 4.69) is 5.32 Å². The van der Waals surface area contributed by atoms with Gasteiger partial charge in [-0.2, -0.15) is 0 Å². The molecule has 1 rings (SSSR count). The van der Waals surface area contributed by atoms with Crippen LogP contribution in [0.4, 0.5) is 0 Å². The zero-order valence-corrected chi connectivity index (χ0v) is 9.71. The summed E-state index contributed by atoms with van der Waals surface area (Å²) in [5.41, 5.74) is 0. The molecule has 0 radical (unpaired) electrons. The molecule has 1 saturated carbocycles. The summed E-state index contributed by atoms with van der Waals surface area (Å²) >= 11 is 0. The van der Waals surface area contributed by atoms with E-state index in [1.165, 1.54) is 19.3 Å². The van der Waals surface area contributed by atoms with Gasteiger partial charge < -0.3 is 5.32 Å². The molecule has 1 fully saturated rings. The lowest BCUT2D eigenvalue weighted by Crippen LogP contribution is -2.45. The summed E-state index contributed by atoms with van der Waals surface area (Å²) in [5.74, 6) is 0.455. The van der Waals surface area contributed by atoms with Gasteiger partial charge in [-0.25, -0.2) is 0 Å². The molecule has 0 spiro atoms. The van der Waals surface area contributed by atoms with E-state index in [4.69, 9.17) is 0 Å². The highest BCUT2D eigenvalue weighted by Gasteiger charge is 2.27. The van der Waals surface area contributed by atoms with E-state index in [9.17, 15) is 9.59 Å². The van der Waals surface area contributed by atoms with E-state index in [0.717, 1.165) is 12.8 Å². The lowest BCUT2D eigenvalue weighted by atomic mass is 9.82. The highest BCUT2D eigenvalue weighted by molar-refractivity contribution is 5.87. The fourth-order valence-corrected chi connectivity index (χ4v) is 2.29. The van der Waals surface area contributed by atoms with Gasteiger partial charge in [-0.15, -0.1) is 0 Å². The van der Waals surface area contributed by atoms with Crippen molar-refractivity contribution < 1.29 is 9.59 Å². The Kier molecular flexibility index (Phi) is 4.79. The van der Waals surface area contributed by atoms with Crippen molar-refractivity contribution in [1.82, 2.24) is 5.32 Å². The highest BCUT2D eigenvalue weighted by Crippen LogP contribution is 2.26. The molecule has 1 aliphatic rings. The first-order valence-electron chi connectivity index (χ1n) is 5.95. The molecule has 0 aromatic heterocycles. The lowest BCUT2D eigenvalue weighted by molar-refractivity contribution is -0.128. The molecule has 0 bridgehead atoms. The standard InChI is InChI=1S/C12H21NO2/c1-3-11(15)13-12(9(2)14)10-7-5-4-6-8-10/h10,12H,3-8H2,1-2H3,(H,13,15)/t12-/m1/s1. The minimum absolute atomic E-state index is 0.0132. The van der Waals surface area contributed by atoms with Crippen molar-refractivity contribution in [2.24, 2.45) is 5.92 Å². The van der Waals surface area contributed by atoms with Crippen molar-refractivity contribution in [1.29, 1.82) is 0 Å². The maximum atomic E-state index is 11.5. The summed E-state index contributed by atoms with van der Waals surface area (Å²) in [6, 6.07) is -0.238. The number of carbonyl (C=O) groups is 2. The molecule has 1 aliphatic carbocycles. The maximum absolute atomic E-state index is 11.5. The van der Waals surface area contributed by atoms with Gasteiger partial charge in [0.25, 0.3) is 0 Å². The smallest absolute Gasteiger partial charge is 0.220 e. The number of hydrogen-bond donors (Lipinski definition) is 1. The molecular weight excluding hydrogens is 190 g/mol. The molecular formula is C12H21NO2. The predicted octanol–water partition coefficient (Wildman–Crippen LogP) is 2.05. The van der Waals surface area contributed by atoms with Crippen LogP contribution in [0.25, 0.3) is 0 Å². The van der Waals surface area contributed by atoms with E-state index in [1.54, 1.807) is 6.92 Å². The summed E-state index contributed by atoms with van der Waals surface area (Å²) in [7, 11) is 0. The number of nitrogens with one attached hydrogen (secondary N) is 1. The Labute approximate surface area is 91.6 Å². The second-order valence-corrected chi connectivity index (χ2v) is 4.41. The quantitative estimate of drug-likeness (QED) is 0.773. The van der Waals surface area contributed by atoms with Crippen LogP contribution >= 0.6 is 0 Å². The number of amides is 1. The van der Waals surface area contributed by atoms with Gasteiger partial charge in [-0.3, -0.25) is 9.59 Å². The van der Waals surface area contributed by atoms with Crippen molar-refractivity contribution in [3.05, 3.63) is 0 Å². The van der Waals surface area contributed by atoms with Crippen molar-refractivity contribution in [2.45, 2.75) is 58.4 Å². The third-order valence-corrected chi connectivity index (χ3v) is 3.20. The summed E-state index contributed by atoms with van der Waals surface area (Å²) in [6.45, 7) is 3.39. The molecule has 1 atom stereocenters. The Morgan fingerprint density at radius 3 is 2.33 bits per heavy atom. The third kappa shape index (κ3) is 3.65. The maximum Gasteiger partial charge on any atom is 0.220 e. The van der Waals surface area contributed by atoms with Gasteiger partial charge in [0.05, 0.1) is 6.04 Å². The Bertz CT molecular complexity index is 232. The number of ketones is 1. The Morgan fingerprint density at radius 2 is 1.87 bits per heavy atom. The number of rotatable bonds is 4. The fourth-order valence-electron chi connectivity index (χ4n) is 2.29. The molecule has 1 amide bonds. The van der Waals surface area contributed by atoms with Gasteiger partial charge in [0.2, 0.25) is 5.91 Å². The molecule has 0 aliphatic heterocycles. The molecule has 3 heteroatoms. The Morgan fingerprint density at radius 1 is 1.27 bits per heavy atom. The van der Waals surface area contributed by atoms with E-state index < -0.39 is 0 Å². The molecule has 86 valence electrons. The largest absolute Gasteiger partial charge is 0.346 e. The van der Waals surface area contributed by atoms with Gasteiger partial charge >= 0.3 is 0 Å². The Hall–Kier alpha value is -0.860. The first-order chi connectivity index (χ1) is 7.15. The molecule has 0 saturated heterocycles. The predicted molar refractivity (Wildman–Crippen MR) is 59.5 cm³/mol. The Balaban J connectivity index is 2.55. The van der Waals surface area contributed by atoms with Crippen molar-refractivity contribution >= 4 is 11.7 Å². The SMILES string of the molecule is CCC(=O)N[C@H](C(C)=O)C1CCCCC1. The van der Waals surface area contributed by atoms with Crippen LogP contribution < -0.4 is 5.32 Å². The molecule has 0 aromatic carbocycles. The van der Waals surface area contributed by atoms with Gasteiger partial charge in [-0.1, -0.05) is 26.2 Å². The normalized spacial score (nSPS) is 19.6. The van der Waals surface area contributed by atoms with Gasteiger partial charge in [-0.05, 0) is 25.7 Å². The van der Waals surface area contributed by atoms with Crippen LogP contribution in [0.5, 0.6) is 0 Å². The summed E-state index contributed by atoms with van der Waals surface area (Å²) < 4.78 is 0. The topological polar surface area (TPSA) is 46.2 Å². The number of hydrogen-bond acceptors (Lipinski definition) is 2. The van der Waals surface area contributed by atoms with Crippen molar-refractivity contribution in [3.8, 4) is 0 Å². The van der Waals surface area contributed by atoms with Crippen LogP contribution in [0, 0.1) is 5.92 Å². The second kappa shape index (κ2) is 5.89. The number of carbonyl (C=O) groups excluding carboxylic acids is 2. The van der Waals surface area contributed by atoms with E-state index in [-0.39, 0.29) is 17.7 Å². The lowest BCUT2D eigenvalue weighted by Gasteiger charge is -2.29. The number of Topliss-reactive ketones (excluding diaryl/α,β-unsaturated/α-hetero) is 1. The van der Waals surface area contributed by atoms with Crippen LogP contribution in [0.2, 0.25) is 0 Å². The summed E-state index contributed by atoms with van der Waals surface area (Å²) in [5, 5.41) is 2.85. The first kappa shape index (κ1) is 12.2. The van der Waals surface area contributed by atoms with E-state index in [1.807, 2.05) is 6.92 Å². The second-order valence-electron chi connectivity index (χ2n) is 4.41. The van der Waals surface area contributed by atoms with Crippen molar-refractivity contribution in [2.75, 3.05) is 0 Å². The summed E-state index contributed by atoms with van der Waals surface area (Å²) in [6.07, 6.45) is 6.26. The minimum Gasteiger partial charge on any atom is -0.346 e. The molecule has 3 nitrogen and oxygen atoms in total. The highest BCUT2D eigenvalue weighted by atomic mass is 16.2. The van der Waals surface area contributed by atoms with Gasteiger partial charge in [0.1, 0.15) is 0 Å². The molecule has 0 heterocycles. The van der Waals surface area contributed by atoms with E-state index >= 15 is 0 Å². The molecule has 15 heavy (non-hydrogen) atoms. The third-order valence-electron chi connectivity index (χ3n) is 3.20. The first-order valence-corrected chi connectivity index (χ1v) is 5.95. The zero-order valence-electron chi connectivity index (χ0n) is 9.71. The van der Waals surface area contributed by atoms with Crippen LogP contribution in [0.15, 0.2) is 0 Å². The molecule has 0 unspecified atom stereocenters. The fraction of sp³-hybridized carbons (Fsp3) is 0.833. The monoisotopic (exact) mass is 211 g/mol. The zero-order chi connectivity index (χ0) is 11.3. The van der Waals surface area contributed by atoms with Crippen LogP contribution in [-0.4, -0.2) is 17.7 Å². The van der Waals surface area contributed by atoms with Crippen LogP contribution in [-0.2, 0) is 9.59 Å². The average molecular weight is 211 g/mol. The van der Waals surface area contributed by atoms with Gasteiger partial charge in [0, 0.05) is 6.42 Å². The van der Waals surface area contributed by atoms with Crippen LogP contribution in [0.3, 0.4) is 0 Å². The van der Waals surface area contributed by atoms with Gasteiger partial charge in [0.15, 0.2) is 5.78 Å². The summed E-state index contributed by atoms with van der Waals surface area (Å²) in [4.78, 5) is 22.8. The van der Waals surface area contributed by atoms with Crippen molar-refractivity contribution in [3.63, 3.8) is 0 Å². The average Bonchev–Trinajstić information content (AvgIpc) is 2.26. The van der Waals surface area contributed by atoms with E-state index in [0.29, 0.717) is 12.3 Å².